The molecule has 2 amide bonds. The van der Waals surface area contributed by atoms with Crippen molar-refractivity contribution >= 4 is 33.2 Å². The molecule has 0 aromatic heterocycles. The van der Waals surface area contributed by atoms with Crippen LogP contribution in [0.4, 0.5) is 11.4 Å². The number of rotatable bonds is 9. The van der Waals surface area contributed by atoms with Crippen molar-refractivity contribution in [3.63, 3.8) is 0 Å². The summed E-state index contributed by atoms with van der Waals surface area (Å²) in [4.78, 5) is 25.8. The third kappa shape index (κ3) is 6.55. The molecule has 0 saturated heterocycles. The van der Waals surface area contributed by atoms with Gasteiger partial charge >= 0.3 is 0 Å². The number of nitrogens with zero attached hydrogens (tertiary/aromatic N) is 1. The van der Waals surface area contributed by atoms with Gasteiger partial charge in [0.2, 0.25) is 15.9 Å². The number of hydrogen-bond acceptors (Lipinski definition) is 4. The maximum absolute atomic E-state index is 13.2. The summed E-state index contributed by atoms with van der Waals surface area (Å²) in [7, 11) is -3.73. The van der Waals surface area contributed by atoms with Gasteiger partial charge in [0, 0.05) is 6.54 Å². The van der Waals surface area contributed by atoms with E-state index >= 15 is 0 Å². The van der Waals surface area contributed by atoms with Crippen molar-refractivity contribution < 1.29 is 18.0 Å². The number of sulfonamides is 1. The molecule has 31 heavy (non-hydrogen) atoms. The summed E-state index contributed by atoms with van der Waals surface area (Å²) >= 11 is 0. The number of carbonyl (C=O) groups excluding carboxylic acids is 2. The molecule has 0 spiro atoms. The smallest absolute Gasteiger partial charge is 0.253 e. The topological polar surface area (TPSA) is 95.6 Å². The third-order valence-corrected chi connectivity index (χ3v) is 5.87. The molecule has 0 aliphatic carbocycles. The Bertz CT molecular complexity index is 1030. The summed E-state index contributed by atoms with van der Waals surface area (Å²) in [6.45, 7) is 8.10. The van der Waals surface area contributed by atoms with Gasteiger partial charge in [-0.25, -0.2) is 8.42 Å². The number of para-hydroxylation sites is 1. The van der Waals surface area contributed by atoms with Gasteiger partial charge in [0.05, 0.1) is 23.2 Å². The normalized spacial score (nSPS) is 12.3. The highest BCUT2D eigenvalue weighted by atomic mass is 32.2. The van der Waals surface area contributed by atoms with Crippen molar-refractivity contribution in [3.05, 3.63) is 59.7 Å². The highest BCUT2D eigenvalue weighted by molar-refractivity contribution is 7.92. The summed E-state index contributed by atoms with van der Waals surface area (Å²) in [5, 5.41) is 5.60. The Balaban J connectivity index is 2.35. The second-order valence-electron chi connectivity index (χ2n) is 7.96. The molecule has 0 fully saturated rings. The van der Waals surface area contributed by atoms with Crippen molar-refractivity contribution in [3.8, 4) is 0 Å². The van der Waals surface area contributed by atoms with Crippen LogP contribution >= 0.6 is 0 Å². The van der Waals surface area contributed by atoms with E-state index in [1.54, 1.807) is 49.4 Å². The van der Waals surface area contributed by atoms with Crippen LogP contribution < -0.4 is 14.9 Å². The van der Waals surface area contributed by atoms with E-state index in [0.717, 1.165) is 16.1 Å². The predicted molar refractivity (Wildman–Crippen MR) is 125 cm³/mol. The van der Waals surface area contributed by atoms with Crippen molar-refractivity contribution in [2.45, 2.75) is 40.2 Å². The lowest BCUT2D eigenvalue weighted by atomic mass is 10.1. The van der Waals surface area contributed by atoms with Crippen molar-refractivity contribution in [1.29, 1.82) is 0 Å². The lowest BCUT2D eigenvalue weighted by Gasteiger charge is -2.30. The molecule has 0 radical (unpaired) electrons. The Morgan fingerprint density at radius 3 is 2.32 bits per heavy atom. The Kier molecular flexibility index (Phi) is 8.21. The molecule has 0 heterocycles. The van der Waals surface area contributed by atoms with Crippen LogP contribution in [-0.4, -0.2) is 39.1 Å². The second kappa shape index (κ2) is 10.4. The standard InChI is InChI=1S/C23H31N3O4S/c1-6-21(26(31(5,29)30)18-11-9-10-17(4)14-18)23(28)25-20-13-8-7-12-19(20)22(27)24-15-16(2)3/h7-14,16,21H,6,15H2,1-5H3,(H,24,27)(H,25,28). The molecule has 0 aliphatic rings. The van der Waals surface area contributed by atoms with Gasteiger partial charge in [-0.2, -0.15) is 0 Å². The summed E-state index contributed by atoms with van der Waals surface area (Å²) in [5.41, 5.74) is 1.97. The maximum atomic E-state index is 13.2. The quantitative estimate of drug-likeness (QED) is 0.617. The van der Waals surface area contributed by atoms with Gasteiger partial charge in [-0.05, 0) is 49.1 Å². The molecule has 1 atom stereocenters. The zero-order valence-corrected chi connectivity index (χ0v) is 19.5. The van der Waals surface area contributed by atoms with Crippen LogP contribution in [0.3, 0.4) is 0 Å². The third-order valence-electron chi connectivity index (χ3n) is 4.69. The van der Waals surface area contributed by atoms with E-state index in [2.05, 4.69) is 10.6 Å². The molecule has 2 N–H and O–H groups in total. The number of benzene rings is 2. The first-order valence-corrected chi connectivity index (χ1v) is 12.1. The Morgan fingerprint density at radius 2 is 1.74 bits per heavy atom. The minimum atomic E-state index is -3.73. The highest BCUT2D eigenvalue weighted by Crippen LogP contribution is 2.25. The number of hydrogen-bond donors (Lipinski definition) is 2. The fourth-order valence-electron chi connectivity index (χ4n) is 3.22. The zero-order chi connectivity index (χ0) is 23.2. The number of carbonyl (C=O) groups is 2. The highest BCUT2D eigenvalue weighted by Gasteiger charge is 2.32. The van der Waals surface area contributed by atoms with Crippen LogP contribution in [0.15, 0.2) is 48.5 Å². The molecular weight excluding hydrogens is 414 g/mol. The monoisotopic (exact) mass is 445 g/mol. The maximum Gasteiger partial charge on any atom is 0.253 e. The molecule has 2 aromatic carbocycles. The van der Waals surface area contributed by atoms with E-state index in [0.29, 0.717) is 23.5 Å². The fraction of sp³-hybridized carbons (Fsp3) is 0.391. The van der Waals surface area contributed by atoms with E-state index in [4.69, 9.17) is 0 Å². The number of amides is 2. The first-order chi connectivity index (χ1) is 14.5. The molecular formula is C23H31N3O4S. The molecule has 0 bridgehead atoms. The van der Waals surface area contributed by atoms with Crippen molar-refractivity contribution in [1.82, 2.24) is 5.32 Å². The van der Waals surface area contributed by atoms with E-state index in [-0.39, 0.29) is 18.2 Å². The molecule has 1 unspecified atom stereocenters. The van der Waals surface area contributed by atoms with E-state index in [9.17, 15) is 18.0 Å². The first-order valence-electron chi connectivity index (χ1n) is 10.3. The van der Waals surface area contributed by atoms with Gasteiger partial charge in [-0.3, -0.25) is 13.9 Å². The van der Waals surface area contributed by atoms with Crippen LogP contribution in [0.1, 0.15) is 43.1 Å². The molecule has 8 heteroatoms. The van der Waals surface area contributed by atoms with Crippen LogP contribution in [0.2, 0.25) is 0 Å². The average Bonchev–Trinajstić information content (AvgIpc) is 2.69. The van der Waals surface area contributed by atoms with Gasteiger partial charge in [0.1, 0.15) is 6.04 Å². The van der Waals surface area contributed by atoms with E-state index < -0.39 is 22.0 Å². The SMILES string of the molecule is CCC(C(=O)Nc1ccccc1C(=O)NCC(C)C)N(c1cccc(C)c1)S(C)(=O)=O. The van der Waals surface area contributed by atoms with Gasteiger partial charge in [0.25, 0.3) is 5.91 Å². The van der Waals surface area contributed by atoms with Gasteiger partial charge < -0.3 is 10.6 Å². The largest absolute Gasteiger partial charge is 0.352 e. The Labute approximate surface area is 184 Å². The van der Waals surface area contributed by atoms with Gasteiger partial charge in [-0.15, -0.1) is 0 Å². The van der Waals surface area contributed by atoms with Crippen molar-refractivity contribution in [2.75, 3.05) is 22.4 Å². The molecule has 0 saturated carbocycles. The van der Waals surface area contributed by atoms with E-state index in [1.165, 1.54) is 0 Å². The molecule has 2 aromatic rings. The minimum absolute atomic E-state index is 0.258. The van der Waals surface area contributed by atoms with Crippen LogP contribution in [-0.2, 0) is 14.8 Å². The molecule has 2 rings (SSSR count). The number of aryl methyl sites for hydroxylation is 1. The second-order valence-corrected chi connectivity index (χ2v) is 9.82. The molecule has 168 valence electrons. The van der Waals surface area contributed by atoms with E-state index in [1.807, 2.05) is 26.8 Å². The van der Waals surface area contributed by atoms with Crippen LogP contribution in [0, 0.1) is 12.8 Å². The summed E-state index contributed by atoms with van der Waals surface area (Å²) in [6.07, 6.45) is 1.34. The summed E-state index contributed by atoms with van der Waals surface area (Å²) in [6, 6.07) is 12.7. The lowest BCUT2D eigenvalue weighted by molar-refractivity contribution is -0.117. The zero-order valence-electron chi connectivity index (χ0n) is 18.7. The molecule has 0 aliphatic heterocycles. The predicted octanol–water partition coefficient (Wildman–Crippen LogP) is 3.56. The van der Waals surface area contributed by atoms with Crippen LogP contribution in [0.5, 0.6) is 0 Å². The van der Waals surface area contributed by atoms with Crippen molar-refractivity contribution in [2.24, 2.45) is 5.92 Å². The fourth-order valence-corrected chi connectivity index (χ4v) is 4.43. The van der Waals surface area contributed by atoms with Gasteiger partial charge in [0.15, 0.2) is 0 Å². The Morgan fingerprint density at radius 1 is 1.06 bits per heavy atom. The molecule has 7 nitrogen and oxygen atoms in total. The first kappa shape index (κ1) is 24.4. The summed E-state index contributed by atoms with van der Waals surface area (Å²) < 4.78 is 26.3. The summed E-state index contributed by atoms with van der Waals surface area (Å²) in [5.74, 6) is -0.511. The van der Waals surface area contributed by atoms with Gasteiger partial charge in [-0.1, -0.05) is 45.0 Å². The lowest BCUT2D eigenvalue weighted by Crippen LogP contribution is -2.47. The number of nitrogens with one attached hydrogen (secondary N) is 2. The number of anilines is 2. The van der Waals surface area contributed by atoms with Crippen LogP contribution in [0.25, 0.3) is 0 Å². The average molecular weight is 446 g/mol. The Hall–Kier alpha value is -2.87. The minimum Gasteiger partial charge on any atom is -0.352 e.